The van der Waals surface area contributed by atoms with E-state index in [-0.39, 0.29) is 17.6 Å². The summed E-state index contributed by atoms with van der Waals surface area (Å²) in [6.45, 7) is 3.62. The second kappa shape index (κ2) is 8.09. The Morgan fingerprint density at radius 3 is 2.65 bits per heavy atom. The van der Waals surface area contributed by atoms with E-state index in [4.69, 9.17) is 16.2 Å². The largest absolute Gasteiger partial charge is 0.488 e. The Morgan fingerprint density at radius 1 is 1.26 bits per heavy atom. The number of nitrogen functional groups attached to an aromatic ring is 1. The van der Waals surface area contributed by atoms with E-state index >= 15 is 0 Å². The Hall–Kier alpha value is -2.71. The van der Waals surface area contributed by atoms with Gasteiger partial charge in [0.05, 0.1) is 17.5 Å². The normalized spacial score (nSPS) is 21.7. The van der Waals surface area contributed by atoms with Gasteiger partial charge in [0.15, 0.2) is 0 Å². The molecular weight excluding hydrogens is 394 g/mol. The summed E-state index contributed by atoms with van der Waals surface area (Å²) in [4.78, 5) is 22.7. The minimum absolute atomic E-state index is 0.0519. The number of nitrogens with zero attached hydrogens (tertiary/aromatic N) is 3. The fourth-order valence-electron chi connectivity index (χ4n) is 4.90. The van der Waals surface area contributed by atoms with Crippen LogP contribution in [-0.2, 0) is 16.6 Å². The molecule has 0 atom stereocenters. The van der Waals surface area contributed by atoms with E-state index in [1.54, 1.807) is 7.05 Å². The highest BCUT2D eigenvalue weighted by Gasteiger charge is 2.38. The molecule has 1 heterocycles. The van der Waals surface area contributed by atoms with Gasteiger partial charge in [0, 0.05) is 24.2 Å². The molecule has 0 saturated heterocycles. The first-order valence-electron chi connectivity index (χ1n) is 10.8. The van der Waals surface area contributed by atoms with Crippen LogP contribution in [-0.4, -0.2) is 46.8 Å². The molecule has 0 aliphatic heterocycles. The van der Waals surface area contributed by atoms with Crippen molar-refractivity contribution < 1.29 is 14.6 Å². The predicted octanol–water partition coefficient (Wildman–Crippen LogP) is 2.16. The van der Waals surface area contributed by atoms with Crippen molar-refractivity contribution >= 4 is 17.4 Å². The molecule has 0 radical (unpaired) electrons. The number of fused-ring (bicyclic) bond motifs is 3. The molecule has 8 nitrogen and oxygen atoms in total. The van der Waals surface area contributed by atoms with E-state index in [0.717, 1.165) is 48.1 Å². The number of ether oxygens (including phenoxy) is 1. The highest BCUT2D eigenvalue weighted by Crippen LogP contribution is 2.49. The molecule has 0 spiro atoms. The third kappa shape index (κ3) is 3.85. The van der Waals surface area contributed by atoms with Gasteiger partial charge in [-0.15, -0.1) is 0 Å². The average molecular weight is 426 g/mol. The van der Waals surface area contributed by atoms with Crippen LogP contribution in [0.4, 0.5) is 11.5 Å². The Labute approximate surface area is 182 Å². The molecule has 1 aromatic heterocycles. The number of carbonyl (C=O) groups is 1. The number of hydrogen-bond acceptors (Lipinski definition) is 7. The highest BCUT2D eigenvalue weighted by atomic mass is 16.5. The smallest absolute Gasteiger partial charge is 0.252 e. The van der Waals surface area contributed by atoms with Crippen LogP contribution in [0.15, 0.2) is 18.5 Å². The maximum Gasteiger partial charge on any atom is 0.252 e. The van der Waals surface area contributed by atoms with Crippen molar-refractivity contribution in [2.45, 2.75) is 63.5 Å². The summed E-state index contributed by atoms with van der Waals surface area (Å²) in [6, 6.07) is 4.11. The van der Waals surface area contributed by atoms with Crippen LogP contribution in [0.25, 0.3) is 11.3 Å². The molecule has 1 fully saturated rings. The van der Waals surface area contributed by atoms with E-state index in [2.05, 4.69) is 23.8 Å². The van der Waals surface area contributed by atoms with Crippen molar-refractivity contribution in [1.29, 1.82) is 0 Å². The summed E-state index contributed by atoms with van der Waals surface area (Å²) in [7, 11) is 1.68. The Morgan fingerprint density at radius 2 is 1.97 bits per heavy atom. The summed E-state index contributed by atoms with van der Waals surface area (Å²) in [6.07, 6.45) is 5.77. The first kappa shape index (κ1) is 21.5. The van der Waals surface area contributed by atoms with E-state index in [1.165, 1.54) is 11.2 Å². The third-order valence-corrected chi connectivity index (χ3v) is 6.53. The standard InChI is InChI=1S/C23H31N5O3/c1-23(2)10-16-15(20-19(23)22(25)27-12-26-20)8-9-17(21(16)28(3)18(30)11-29)31-14-6-4-13(24)5-7-14/h8-9,12-14,29H,4-7,10-11,24H2,1-3H3,(H2,25,26,27). The fraction of sp³-hybridized carbons (Fsp3) is 0.522. The van der Waals surface area contributed by atoms with Gasteiger partial charge in [0.1, 0.15) is 24.5 Å². The highest BCUT2D eigenvalue weighted by molar-refractivity contribution is 5.98. The quantitative estimate of drug-likeness (QED) is 0.685. The summed E-state index contributed by atoms with van der Waals surface area (Å²) >= 11 is 0. The number of nitrogens with two attached hydrogens (primary N) is 2. The first-order chi connectivity index (χ1) is 14.7. The van der Waals surface area contributed by atoms with Gasteiger partial charge < -0.3 is 26.2 Å². The summed E-state index contributed by atoms with van der Waals surface area (Å²) in [5.74, 6) is 0.723. The fourth-order valence-corrected chi connectivity index (χ4v) is 4.90. The molecule has 0 bridgehead atoms. The average Bonchev–Trinajstić information content (AvgIpc) is 2.73. The van der Waals surface area contributed by atoms with Gasteiger partial charge in [-0.2, -0.15) is 0 Å². The Balaban J connectivity index is 1.85. The summed E-state index contributed by atoms with van der Waals surface area (Å²) in [5.41, 5.74) is 16.2. The molecule has 5 N–H and O–H groups in total. The molecule has 2 aliphatic rings. The van der Waals surface area contributed by atoms with Gasteiger partial charge in [0.25, 0.3) is 5.91 Å². The lowest BCUT2D eigenvalue weighted by atomic mass is 9.71. The number of likely N-dealkylation sites (N-methyl/N-ethyl adjacent to an activating group) is 1. The molecule has 31 heavy (non-hydrogen) atoms. The topological polar surface area (TPSA) is 128 Å². The van der Waals surface area contributed by atoms with Gasteiger partial charge in [0.2, 0.25) is 0 Å². The number of hydrogen-bond donors (Lipinski definition) is 3. The number of rotatable bonds is 4. The van der Waals surface area contributed by atoms with Crippen LogP contribution in [0.2, 0.25) is 0 Å². The third-order valence-electron chi connectivity index (χ3n) is 6.53. The number of aliphatic hydroxyl groups excluding tert-OH is 1. The molecular formula is C23H31N5O3. The second-order valence-electron chi connectivity index (χ2n) is 9.25. The lowest BCUT2D eigenvalue weighted by molar-refractivity contribution is -0.121. The van der Waals surface area contributed by atoms with Crippen LogP contribution in [0.1, 0.15) is 50.7 Å². The SMILES string of the molecule is CN(C(=O)CO)c1c(OC2CCC(N)CC2)ccc2c1CC(C)(C)c1c(N)ncnc1-2. The summed E-state index contributed by atoms with van der Waals surface area (Å²) < 4.78 is 6.41. The van der Waals surface area contributed by atoms with E-state index in [0.29, 0.717) is 23.7 Å². The zero-order chi connectivity index (χ0) is 22.3. The number of amides is 1. The van der Waals surface area contributed by atoms with Crippen molar-refractivity contribution in [2.24, 2.45) is 5.73 Å². The second-order valence-corrected chi connectivity index (χ2v) is 9.25. The van der Waals surface area contributed by atoms with Crippen molar-refractivity contribution in [3.05, 3.63) is 29.6 Å². The Bertz CT molecular complexity index is 999. The van der Waals surface area contributed by atoms with Gasteiger partial charge in [-0.05, 0) is 55.2 Å². The lowest BCUT2D eigenvalue weighted by Gasteiger charge is -2.37. The van der Waals surface area contributed by atoms with Crippen LogP contribution < -0.4 is 21.1 Å². The number of aliphatic hydroxyl groups is 1. The van der Waals surface area contributed by atoms with Gasteiger partial charge in [-0.1, -0.05) is 13.8 Å². The predicted molar refractivity (Wildman–Crippen MR) is 120 cm³/mol. The van der Waals surface area contributed by atoms with Crippen LogP contribution in [0.3, 0.4) is 0 Å². The number of benzene rings is 1. The van der Waals surface area contributed by atoms with Crippen molar-refractivity contribution in [3.8, 4) is 17.0 Å². The van der Waals surface area contributed by atoms with Crippen LogP contribution in [0, 0.1) is 0 Å². The molecule has 166 valence electrons. The molecule has 4 rings (SSSR count). The maximum absolute atomic E-state index is 12.5. The van der Waals surface area contributed by atoms with Gasteiger partial charge >= 0.3 is 0 Å². The van der Waals surface area contributed by atoms with Crippen molar-refractivity contribution in [2.75, 3.05) is 24.3 Å². The minimum Gasteiger partial charge on any atom is -0.488 e. The molecule has 1 amide bonds. The molecule has 1 aromatic carbocycles. The molecule has 0 unspecified atom stereocenters. The Kier molecular flexibility index (Phi) is 5.61. The minimum atomic E-state index is -0.576. The van der Waals surface area contributed by atoms with Gasteiger partial charge in [-0.25, -0.2) is 9.97 Å². The number of anilines is 2. The van der Waals surface area contributed by atoms with Gasteiger partial charge in [-0.3, -0.25) is 4.79 Å². The lowest BCUT2D eigenvalue weighted by Crippen LogP contribution is -2.35. The molecule has 1 saturated carbocycles. The number of carbonyl (C=O) groups excluding carboxylic acids is 1. The van der Waals surface area contributed by atoms with Crippen molar-refractivity contribution in [3.63, 3.8) is 0 Å². The monoisotopic (exact) mass is 425 g/mol. The van der Waals surface area contributed by atoms with E-state index in [9.17, 15) is 9.90 Å². The van der Waals surface area contributed by atoms with Crippen LogP contribution >= 0.6 is 0 Å². The molecule has 2 aromatic rings. The molecule has 2 aliphatic carbocycles. The first-order valence-corrected chi connectivity index (χ1v) is 10.8. The van der Waals surface area contributed by atoms with Crippen LogP contribution in [0.5, 0.6) is 5.75 Å². The number of aromatic nitrogens is 2. The molecule has 8 heteroatoms. The maximum atomic E-state index is 12.5. The van der Waals surface area contributed by atoms with E-state index in [1.807, 2.05) is 12.1 Å². The zero-order valence-electron chi connectivity index (χ0n) is 18.4. The van der Waals surface area contributed by atoms with E-state index < -0.39 is 12.5 Å². The van der Waals surface area contributed by atoms with Crippen molar-refractivity contribution in [1.82, 2.24) is 9.97 Å². The zero-order valence-corrected chi connectivity index (χ0v) is 18.4. The summed E-state index contributed by atoms with van der Waals surface area (Å²) in [5, 5.41) is 9.53.